The molecule has 1 aliphatic rings. The van der Waals surface area contributed by atoms with Crippen molar-refractivity contribution >= 4 is 15.9 Å². The highest BCUT2D eigenvalue weighted by Crippen LogP contribution is 2.20. The van der Waals surface area contributed by atoms with Gasteiger partial charge < -0.3 is 5.32 Å². The highest BCUT2D eigenvalue weighted by molar-refractivity contribution is 7.89. The van der Waals surface area contributed by atoms with Gasteiger partial charge in [-0.25, -0.2) is 12.7 Å². The topological polar surface area (TPSA) is 66.5 Å². The van der Waals surface area contributed by atoms with Gasteiger partial charge in [0.15, 0.2) is 0 Å². The molecule has 0 unspecified atom stereocenters. The van der Waals surface area contributed by atoms with Crippen LogP contribution in [0.1, 0.15) is 58.8 Å². The average molecular weight is 318 g/mol. The fraction of sp³-hybridized carbons (Fsp3) is 0.933. The molecule has 0 radical (unpaired) electrons. The van der Waals surface area contributed by atoms with Crippen LogP contribution >= 0.6 is 0 Å². The van der Waals surface area contributed by atoms with E-state index >= 15 is 0 Å². The van der Waals surface area contributed by atoms with E-state index in [2.05, 4.69) is 12.2 Å². The maximum atomic E-state index is 12.0. The molecule has 6 heteroatoms. The number of hydrogen-bond donors (Lipinski definition) is 1. The third-order valence-corrected chi connectivity index (χ3v) is 6.04. The molecule has 0 bridgehead atoms. The van der Waals surface area contributed by atoms with E-state index in [9.17, 15) is 13.2 Å². The van der Waals surface area contributed by atoms with Crippen molar-refractivity contribution in [3.8, 4) is 0 Å². The number of carbonyl (C=O) groups excluding carboxylic acids is 1. The number of unbranched alkanes of at least 4 members (excludes halogenated alkanes) is 4. The largest absolute Gasteiger partial charge is 0.356 e. The first-order chi connectivity index (χ1) is 10.0. The van der Waals surface area contributed by atoms with Crippen LogP contribution in [-0.2, 0) is 14.8 Å². The van der Waals surface area contributed by atoms with Gasteiger partial charge in [0.1, 0.15) is 0 Å². The number of sulfonamides is 1. The van der Waals surface area contributed by atoms with E-state index in [0.717, 1.165) is 13.0 Å². The molecule has 0 spiro atoms. The molecule has 0 aromatic carbocycles. The predicted octanol–water partition coefficient (Wildman–Crippen LogP) is 2.13. The zero-order valence-corrected chi connectivity index (χ0v) is 14.3. The van der Waals surface area contributed by atoms with Crippen molar-refractivity contribution < 1.29 is 13.2 Å². The van der Waals surface area contributed by atoms with Crippen molar-refractivity contribution in [2.45, 2.75) is 58.8 Å². The molecule has 1 amide bonds. The van der Waals surface area contributed by atoms with Crippen LogP contribution < -0.4 is 5.32 Å². The minimum atomic E-state index is -3.10. The summed E-state index contributed by atoms with van der Waals surface area (Å²) in [6.45, 7) is 5.55. The highest BCUT2D eigenvalue weighted by Gasteiger charge is 2.29. The van der Waals surface area contributed by atoms with E-state index in [1.807, 2.05) is 0 Å². The summed E-state index contributed by atoms with van der Waals surface area (Å²) in [5.74, 6) is 0.213. The Kier molecular flexibility index (Phi) is 8.26. The molecule has 5 nitrogen and oxygen atoms in total. The number of hydrogen-bond acceptors (Lipinski definition) is 3. The highest BCUT2D eigenvalue weighted by atomic mass is 32.2. The Labute approximate surface area is 129 Å². The van der Waals surface area contributed by atoms with Gasteiger partial charge in [-0.3, -0.25) is 4.79 Å². The minimum Gasteiger partial charge on any atom is -0.356 e. The SMILES string of the molecule is CCCCCCCNC(=O)C1CCN(S(=O)(=O)CC)CC1. The first-order valence-corrected chi connectivity index (χ1v) is 9.87. The number of rotatable bonds is 9. The molecule has 124 valence electrons. The summed E-state index contributed by atoms with van der Waals surface area (Å²) in [6, 6.07) is 0. The first-order valence-electron chi connectivity index (χ1n) is 8.26. The Bertz CT molecular complexity index is 401. The van der Waals surface area contributed by atoms with Crippen molar-refractivity contribution in [1.29, 1.82) is 0 Å². The summed E-state index contributed by atoms with van der Waals surface area (Å²) in [5.41, 5.74) is 0. The Hall–Kier alpha value is -0.620. The van der Waals surface area contributed by atoms with Gasteiger partial charge in [-0.2, -0.15) is 0 Å². The number of amides is 1. The summed E-state index contributed by atoms with van der Waals surface area (Å²) in [6.07, 6.45) is 7.21. The van der Waals surface area contributed by atoms with Crippen molar-refractivity contribution in [3.63, 3.8) is 0 Å². The van der Waals surface area contributed by atoms with E-state index in [4.69, 9.17) is 0 Å². The molecule has 0 aliphatic carbocycles. The molecule has 0 aromatic heterocycles. The molecule has 1 saturated heterocycles. The standard InChI is InChI=1S/C15H30N2O3S/c1-3-5-6-7-8-11-16-15(18)14-9-12-17(13-10-14)21(19,20)4-2/h14H,3-13H2,1-2H3,(H,16,18). The molecule has 21 heavy (non-hydrogen) atoms. The fourth-order valence-corrected chi connectivity index (χ4v) is 3.80. The first kappa shape index (κ1) is 18.4. The van der Waals surface area contributed by atoms with Crippen molar-refractivity contribution in [2.24, 2.45) is 5.92 Å². The maximum Gasteiger partial charge on any atom is 0.223 e. The lowest BCUT2D eigenvalue weighted by Gasteiger charge is -2.30. The fourth-order valence-electron chi connectivity index (χ4n) is 2.66. The summed E-state index contributed by atoms with van der Waals surface area (Å²) < 4.78 is 25.0. The molecule has 0 atom stereocenters. The number of piperidine rings is 1. The van der Waals surface area contributed by atoms with Crippen LogP contribution in [0.15, 0.2) is 0 Å². The van der Waals surface area contributed by atoms with E-state index in [1.165, 1.54) is 30.0 Å². The molecular formula is C15H30N2O3S. The van der Waals surface area contributed by atoms with E-state index < -0.39 is 10.0 Å². The lowest BCUT2D eigenvalue weighted by molar-refractivity contribution is -0.126. The van der Waals surface area contributed by atoms with Gasteiger partial charge in [-0.15, -0.1) is 0 Å². The lowest BCUT2D eigenvalue weighted by Crippen LogP contribution is -2.43. The lowest BCUT2D eigenvalue weighted by atomic mass is 9.97. The Morgan fingerprint density at radius 3 is 2.29 bits per heavy atom. The predicted molar refractivity (Wildman–Crippen MR) is 85.5 cm³/mol. The van der Waals surface area contributed by atoms with Gasteiger partial charge in [0.05, 0.1) is 5.75 Å². The van der Waals surface area contributed by atoms with Gasteiger partial charge in [-0.05, 0) is 26.2 Å². The minimum absolute atomic E-state index is 0.0241. The third kappa shape index (κ3) is 6.34. The normalized spacial score (nSPS) is 17.8. The molecule has 1 rings (SSSR count). The monoisotopic (exact) mass is 318 g/mol. The van der Waals surface area contributed by atoms with Gasteiger partial charge in [0.25, 0.3) is 0 Å². The summed E-state index contributed by atoms with van der Waals surface area (Å²) in [7, 11) is -3.10. The zero-order chi connectivity index (χ0) is 15.7. The molecule has 1 fully saturated rings. The molecule has 1 aliphatic heterocycles. The average Bonchev–Trinajstić information content (AvgIpc) is 2.50. The van der Waals surface area contributed by atoms with Crippen LogP contribution in [0.5, 0.6) is 0 Å². The smallest absolute Gasteiger partial charge is 0.223 e. The van der Waals surface area contributed by atoms with E-state index in [-0.39, 0.29) is 17.6 Å². The van der Waals surface area contributed by atoms with Crippen LogP contribution in [0.3, 0.4) is 0 Å². The molecule has 1 N–H and O–H groups in total. The number of carbonyl (C=O) groups is 1. The second kappa shape index (κ2) is 9.41. The van der Waals surface area contributed by atoms with E-state index in [1.54, 1.807) is 6.92 Å². The van der Waals surface area contributed by atoms with Crippen molar-refractivity contribution in [1.82, 2.24) is 9.62 Å². The van der Waals surface area contributed by atoms with Crippen LogP contribution in [0.4, 0.5) is 0 Å². The van der Waals surface area contributed by atoms with Gasteiger partial charge in [0, 0.05) is 25.6 Å². The number of nitrogens with zero attached hydrogens (tertiary/aromatic N) is 1. The molecule has 0 aromatic rings. The summed E-state index contributed by atoms with van der Waals surface area (Å²) in [5, 5.41) is 2.99. The van der Waals surface area contributed by atoms with Crippen LogP contribution in [0.25, 0.3) is 0 Å². The van der Waals surface area contributed by atoms with Gasteiger partial charge in [-0.1, -0.05) is 32.6 Å². The second-order valence-electron chi connectivity index (χ2n) is 5.78. The van der Waals surface area contributed by atoms with Crippen molar-refractivity contribution in [3.05, 3.63) is 0 Å². The van der Waals surface area contributed by atoms with Gasteiger partial charge >= 0.3 is 0 Å². The molecule has 0 saturated carbocycles. The quantitative estimate of drug-likeness (QED) is 0.662. The number of nitrogens with one attached hydrogen (secondary N) is 1. The zero-order valence-electron chi connectivity index (χ0n) is 13.4. The van der Waals surface area contributed by atoms with Crippen LogP contribution in [-0.4, -0.2) is 44.0 Å². The van der Waals surface area contributed by atoms with Crippen molar-refractivity contribution in [2.75, 3.05) is 25.4 Å². The summed E-state index contributed by atoms with van der Waals surface area (Å²) in [4.78, 5) is 12.0. The van der Waals surface area contributed by atoms with Crippen LogP contribution in [0.2, 0.25) is 0 Å². The third-order valence-electron chi connectivity index (χ3n) is 4.16. The molecule has 1 heterocycles. The summed E-state index contributed by atoms with van der Waals surface area (Å²) >= 11 is 0. The Balaban J connectivity index is 2.20. The van der Waals surface area contributed by atoms with E-state index in [0.29, 0.717) is 25.9 Å². The Morgan fingerprint density at radius 2 is 1.71 bits per heavy atom. The van der Waals surface area contributed by atoms with Gasteiger partial charge in [0.2, 0.25) is 15.9 Å². The second-order valence-corrected chi connectivity index (χ2v) is 8.04. The molecular weight excluding hydrogens is 288 g/mol. The van der Waals surface area contributed by atoms with Crippen LogP contribution in [0, 0.1) is 5.92 Å². The Morgan fingerprint density at radius 1 is 1.10 bits per heavy atom. The maximum absolute atomic E-state index is 12.0.